The molecule has 1 fully saturated rings. The highest BCUT2D eigenvalue weighted by Gasteiger charge is 2.30. The quantitative estimate of drug-likeness (QED) is 0.618. The van der Waals surface area contributed by atoms with Crippen molar-refractivity contribution in [3.63, 3.8) is 0 Å². The van der Waals surface area contributed by atoms with Gasteiger partial charge in [0, 0.05) is 32.2 Å². The lowest BCUT2D eigenvalue weighted by molar-refractivity contribution is -0.133. The summed E-state index contributed by atoms with van der Waals surface area (Å²) in [7, 11) is 2.14. The molecule has 0 bridgehead atoms. The van der Waals surface area contributed by atoms with Crippen LogP contribution in [0.1, 0.15) is 59.4 Å². The van der Waals surface area contributed by atoms with Crippen LogP contribution in [0.4, 0.5) is 0 Å². The summed E-state index contributed by atoms with van der Waals surface area (Å²) in [5.41, 5.74) is 1.32. The summed E-state index contributed by atoms with van der Waals surface area (Å²) in [5.74, 6) is 0.954. The zero-order valence-corrected chi connectivity index (χ0v) is 20.2. The third-order valence-corrected chi connectivity index (χ3v) is 5.08. The average Bonchev–Trinajstić information content (AvgIpc) is 2.72. The summed E-state index contributed by atoms with van der Waals surface area (Å²) in [4.78, 5) is 17.3. The average molecular weight is 420 g/mol. The van der Waals surface area contributed by atoms with E-state index in [1.54, 1.807) is 0 Å². The molecule has 1 aliphatic heterocycles. The number of nitrogens with zero attached hydrogens (tertiary/aromatic N) is 2. The third kappa shape index (κ3) is 11.1. The molecule has 5 heteroatoms. The van der Waals surface area contributed by atoms with E-state index in [9.17, 15) is 4.79 Å². The van der Waals surface area contributed by atoms with Crippen LogP contribution in [0, 0.1) is 5.92 Å². The number of hydrogen-bond donors (Lipinski definition) is 1. The van der Waals surface area contributed by atoms with Crippen molar-refractivity contribution < 1.29 is 9.53 Å². The first-order valence-corrected chi connectivity index (χ1v) is 11.7. The van der Waals surface area contributed by atoms with Crippen LogP contribution in [0.3, 0.4) is 0 Å². The minimum atomic E-state index is -0.167. The van der Waals surface area contributed by atoms with Crippen molar-refractivity contribution in [2.24, 2.45) is 5.92 Å². The monoisotopic (exact) mass is 419 g/mol. The second kappa shape index (κ2) is 15.4. The first-order valence-electron chi connectivity index (χ1n) is 11.7. The number of rotatable bonds is 10. The minimum absolute atomic E-state index is 0.121. The lowest BCUT2D eigenvalue weighted by Gasteiger charge is -2.36. The summed E-state index contributed by atoms with van der Waals surface area (Å²) in [6, 6.07) is 10.6. The van der Waals surface area contributed by atoms with Crippen LogP contribution in [0.2, 0.25) is 0 Å². The van der Waals surface area contributed by atoms with Crippen molar-refractivity contribution in [2.75, 3.05) is 39.9 Å². The van der Waals surface area contributed by atoms with Crippen LogP contribution >= 0.6 is 0 Å². The molecular weight excluding hydrogens is 374 g/mol. The molecule has 2 rings (SSSR count). The van der Waals surface area contributed by atoms with E-state index in [1.807, 2.05) is 6.07 Å². The number of amides is 1. The maximum absolute atomic E-state index is 12.7. The van der Waals surface area contributed by atoms with Crippen molar-refractivity contribution in [3.8, 4) is 0 Å². The molecule has 0 spiro atoms. The molecule has 0 radical (unpaired) electrons. The highest BCUT2D eigenvalue weighted by molar-refractivity contribution is 5.82. The molecule has 1 aromatic rings. The standard InChI is InChI=1S/C21H35N3O2.C4H10/c1-4-9-19(5-2)22-21(25)20-17-26-15-14-24(20)13-12-23(3)16-18-10-7-6-8-11-18;1-4(2)3/h6-8,10-11,19-20H,4-5,9,12-17H2,1-3H3,(H,22,25);4H,1-3H3. The van der Waals surface area contributed by atoms with Gasteiger partial charge in [-0.2, -0.15) is 0 Å². The van der Waals surface area contributed by atoms with Gasteiger partial charge in [0.2, 0.25) is 5.91 Å². The van der Waals surface area contributed by atoms with Crippen LogP contribution < -0.4 is 5.32 Å². The minimum Gasteiger partial charge on any atom is -0.378 e. The Hall–Kier alpha value is -1.43. The van der Waals surface area contributed by atoms with Crippen molar-refractivity contribution in [2.45, 2.75) is 72.5 Å². The molecule has 1 N–H and O–H groups in total. The molecule has 2 atom stereocenters. The molecule has 1 heterocycles. The normalized spacial score (nSPS) is 18.1. The lowest BCUT2D eigenvalue weighted by atomic mass is 10.1. The summed E-state index contributed by atoms with van der Waals surface area (Å²) in [6.07, 6.45) is 3.11. The van der Waals surface area contributed by atoms with Crippen LogP contribution in [0.5, 0.6) is 0 Å². The van der Waals surface area contributed by atoms with E-state index in [2.05, 4.69) is 81.0 Å². The summed E-state index contributed by atoms with van der Waals surface area (Å²) in [6.45, 7) is 15.6. The molecule has 2 unspecified atom stereocenters. The molecule has 0 aromatic heterocycles. The second-order valence-electron chi connectivity index (χ2n) is 8.98. The molecule has 1 amide bonds. The van der Waals surface area contributed by atoms with Crippen LogP contribution in [0.15, 0.2) is 30.3 Å². The molecule has 5 nitrogen and oxygen atoms in total. The van der Waals surface area contributed by atoms with E-state index in [4.69, 9.17) is 4.74 Å². The van der Waals surface area contributed by atoms with Gasteiger partial charge in [-0.05, 0) is 31.4 Å². The van der Waals surface area contributed by atoms with E-state index in [-0.39, 0.29) is 18.0 Å². The molecule has 1 aliphatic rings. The van der Waals surface area contributed by atoms with Crippen molar-refractivity contribution in [3.05, 3.63) is 35.9 Å². The van der Waals surface area contributed by atoms with Gasteiger partial charge in [-0.25, -0.2) is 0 Å². The number of ether oxygens (including phenoxy) is 1. The predicted molar refractivity (Wildman–Crippen MR) is 127 cm³/mol. The first kappa shape index (κ1) is 26.6. The number of carbonyl (C=O) groups is 1. The highest BCUT2D eigenvalue weighted by Crippen LogP contribution is 2.10. The summed E-state index contributed by atoms with van der Waals surface area (Å²) >= 11 is 0. The van der Waals surface area contributed by atoms with Gasteiger partial charge in [0.1, 0.15) is 6.04 Å². The molecule has 0 aliphatic carbocycles. The van der Waals surface area contributed by atoms with Gasteiger partial charge >= 0.3 is 0 Å². The number of hydrogen-bond acceptors (Lipinski definition) is 4. The Morgan fingerprint density at radius 1 is 1.23 bits per heavy atom. The Kier molecular flexibility index (Phi) is 13.6. The maximum atomic E-state index is 12.7. The maximum Gasteiger partial charge on any atom is 0.239 e. The van der Waals surface area contributed by atoms with Crippen molar-refractivity contribution >= 4 is 5.91 Å². The predicted octanol–water partition coefficient (Wildman–Crippen LogP) is 4.18. The van der Waals surface area contributed by atoms with Crippen molar-refractivity contribution in [1.82, 2.24) is 15.1 Å². The Bertz CT molecular complexity index is 562. The highest BCUT2D eigenvalue weighted by atomic mass is 16.5. The van der Waals surface area contributed by atoms with Gasteiger partial charge in [0.25, 0.3) is 0 Å². The van der Waals surface area contributed by atoms with Gasteiger partial charge in [0.05, 0.1) is 13.2 Å². The zero-order valence-electron chi connectivity index (χ0n) is 20.2. The van der Waals surface area contributed by atoms with Crippen LogP contribution in [-0.4, -0.2) is 67.7 Å². The fourth-order valence-corrected chi connectivity index (χ4v) is 3.44. The smallest absolute Gasteiger partial charge is 0.239 e. The molecule has 172 valence electrons. The fraction of sp³-hybridized carbons (Fsp3) is 0.720. The number of carbonyl (C=O) groups excluding carboxylic acids is 1. The largest absolute Gasteiger partial charge is 0.378 e. The Morgan fingerprint density at radius 2 is 1.90 bits per heavy atom. The second-order valence-corrected chi connectivity index (χ2v) is 8.98. The van der Waals surface area contributed by atoms with Gasteiger partial charge < -0.3 is 15.0 Å². The van der Waals surface area contributed by atoms with E-state index in [1.165, 1.54) is 5.56 Å². The lowest BCUT2D eigenvalue weighted by Crippen LogP contribution is -2.56. The fourth-order valence-electron chi connectivity index (χ4n) is 3.44. The molecule has 1 aromatic carbocycles. The van der Waals surface area contributed by atoms with E-state index >= 15 is 0 Å². The SMILES string of the molecule is CC(C)C.CCCC(CC)NC(=O)C1COCCN1CCN(C)Cc1ccccc1. The Morgan fingerprint density at radius 3 is 2.50 bits per heavy atom. The van der Waals surface area contributed by atoms with E-state index in [0.29, 0.717) is 13.2 Å². The first-order chi connectivity index (χ1) is 14.4. The Balaban J connectivity index is 0.00000103. The number of nitrogens with one attached hydrogen (secondary N) is 1. The number of likely N-dealkylation sites (N-methyl/N-ethyl adjacent to an activating group) is 1. The summed E-state index contributed by atoms with van der Waals surface area (Å²) in [5, 5.41) is 3.22. The number of morpholine rings is 1. The van der Waals surface area contributed by atoms with Gasteiger partial charge in [-0.1, -0.05) is 71.4 Å². The zero-order chi connectivity index (χ0) is 22.4. The van der Waals surface area contributed by atoms with E-state index in [0.717, 1.165) is 51.4 Å². The van der Waals surface area contributed by atoms with Crippen molar-refractivity contribution in [1.29, 1.82) is 0 Å². The topological polar surface area (TPSA) is 44.8 Å². The van der Waals surface area contributed by atoms with Gasteiger partial charge in [-0.3, -0.25) is 9.69 Å². The Labute approximate surface area is 185 Å². The van der Waals surface area contributed by atoms with E-state index < -0.39 is 0 Å². The third-order valence-electron chi connectivity index (χ3n) is 5.08. The molecule has 30 heavy (non-hydrogen) atoms. The molecule has 0 saturated carbocycles. The van der Waals surface area contributed by atoms with Crippen LogP contribution in [-0.2, 0) is 16.1 Å². The van der Waals surface area contributed by atoms with Gasteiger partial charge in [-0.15, -0.1) is 0 Å². The summed E-state index contributed by atoms with van der Waals surface area (Å²) < 4.78 is 5.60. The molecular formula is C25H45N3O2. The number of benzene rings is 1. The van der Waals surface area contributed by atoms with Crippen LogP contribution in [0.25, 0.3) is 0 Å². The van der Waals surface area contributed by atoms with Gasteiger partial charge in [0.15, 0.2) is 0 Å². The molecule has 1 saturated heterocycles.